The van der Waals surface area contributed by atoms with Crippen molar-refractivity contribution in [3.8, 4) is 0 Å². The Morgan fingerprint density at radius 1 is 0.436 bits per heavy atom. The fourth-order valence-electron chi connectivity index (χ4n) is 5.83. The van der Waals surface area contributed by atoms with Crippen LogP contribution in [0.1, 0.15) is 165 Å². The van der Waals surface area contributed by atoms with Gasteiger partial charge in [0.05, 0.1) is 0 Å². The second-order valence-corrected chi connectivity index (χ2v) is 12.4. The van der Waals surface area contributed by atoms with Gasteiger partial charge in [-0.1, -0.05) is 132 Å². The molecule has 4 unspecified atom stereocenters. The summed E-state index contributed by atoms with van der Waals surface area (Å²) >= 11 is 0. The normalized spacial score (nSPS) is 14.6. The van der Waals surface area contributed by atoms with Crippen LogP contribution in [0.15, 0.2) is 0 Å². The fraction of sp³-hybridized carbons (Fsp3) is 0.943. The number of amides is 2. The Kier molecular flexibility index (Phi) is 24.0. The number of carbonyl (C=O) groups is 2. The van der Waals surface area contributed by atoms with Gasteiger partial charge < -0.3 is 9.80 Å². The van der Waals surface area contributed by atoms with Gasteiger partial charge >= 0.3 is 0 Å². The molecule has 39 heavy (non-hydrogen) atoms. The predicted molar refractivity (Wildman–Crippen MR) is 171 cm³/mol. The summed E-state index contributed by atoms with van der Waals surface area (Å²) in [5.41, 5.74) is 0. The molecule has 0 aromatic carbocycles. The molecule has 4 atom stereocenters. The van der Waals surface area contributed by atoms with E-state index in [0.29, 0.717) is 23.7 Å². The number of hydrogen-bond acceptors (Lipinski definition) is 2. The maximum atomic E-state index is 13.8. The van der Waals surface area contributed by atoms with Gasteiger partial charge in [-0.05, 0) is 49.4 Å². The van der Waals surface area contributed by atoms with Crippen molar-refractivity contribution in [2.45, 2.75) is 165 Å². The molecule has 0 radical (unpaired) electrons. The van der Waals surface area contributed by atoms with E-state index in [1.165, 1.54) is 77.0 Å². The van der Waals surface area contributed by atoms with Crippen LogP contribution in [0.25, 0.3) is 0 Å². The predicted octanol–water partition coefficient (Wildman–Crippen LogP) is 9.90. The Balaban J connectivity index is 5.77. The van der Waals surface area contributed by atoms with Gasteiger partial charge in [0.25, 0.3) is 0 Å². The van der Waals surface area contributed by atoms with E-state index in [0.717, 1.165) is 51.9 Å². The topological polar surface area (TPSA) is 40.6 Å². The Morgan fingerprint density at radius 2 is 0.667 bits per heavy atom. The molecule has 0 aromatic heterocycles. The SMILES string of the molecule is CCCCC(CC)CN(CC(CC)CCCC)C(=O)CC(=O)N(CC(CC)CCCC)CC(CC)CCCC. The molecule has 0 N–H and O–H groups in total. The van der Waals surface area contributed by atoms with Crippen molar-refractivity contribution < 1.29 is 9.59 Å². The smallest absolute Gasteiger partial charge is 0.232 e. The molecule has 232 valence electrons. The van der Waals surface area contributed by atoms with E-state index in [-0.39, 0.29) is 18.2 Å². The van der Waals surface area contributed by atoms with E-state index < -0.39 is 0 Å². The molecule has 0 fully saturated rings. The van der Waals surface area contributed by atoms with Crippen molar-refractivity contribution >= 4 is 11.8 Å². The summed E-state index contributed by atoms with van der Waals surface area (Å²) < 4.78 is 0. The minimum absolute atomic E-state index is 0.0445. The van der Waals surface area contributed by atoms with E-state index in [4.69, 9.17) is 0 Å². The minimum Gasteiger partial charge on any atom is -0.342 e. The first kappa shape index (κ1) is 37.9. The van der Waals surface area contributed by atoms with Crippen LogP contribution in [0.3, 0.4) is 0 Å². The Bertz CT molecular complexity index is 507. The molecule has 0 bridgehead atoms. The average molecular weight is 551 g/mol. The van der Waals surface area contributed by atoms with Crippen LogP contribution in [-0.2, 0) is 9.59 Å². The third-order valence-electron chi connectivity index (χ3n) is 9.10. The lowest BCUT2D eigenvalue weighted by molar-refractivity contribution is -0.142. The molecule has 0 aliphatic rings. The van der Waals surface area contributed by atoms with Crippen molar-refractivity contribution in [2.24, 2.45) is 23.7 Å². The quantitative estimate of drug-likeness (QED) is 0.101. The number of unbranched alkanes of at least 4 members (excludes halogenated alkanes) is 4. The highest BCUT2D eigenvalue weighted by Crippen LogP contribution is 2.22. The summed E-state index contributed by atoms with van der Waals surface area (Å²) in [6.45, 7) is 21.3. The molecule has 4 heteroatoms. The van der Waals surface area contributed by atoms with Crippen LogP contribution in [-0.4, -0.2) is 47.8 Å². The van der Waals surface area contributed by atoms with E-state index >= 15 is 0 Å². The zero-order chi connectivity index (χ0) is 29.5. The summed E-state index contributed by atoms with van der Waals surface area (Å²) in [6, 6.07) is 0. The average Bonchev–Trinajstić information content (AvgIpc) is 2.95. The molecular formula is C35H70N2O2. The largest absolute Gasteiger partial charge is 0.342 e. The molecule has 0 saturated heterocycles. The second-order valence-electron chi connectivity index (χ2n) is 12.4. The Hall–Kier alpha value is -1.06. The standard InChI is InChI=1S/C35H70N2O2/c1-9-17-21-30(13-5)26-36(27-31(14-6)22-18-10-2)34(38)25-35(39)37(28-32(15-7)23-19-11-3)29-33(16-8)24-20-12-4/h30-33H,9-29H2,1-8H3. The maximum Gasteiger partial charge on any atom is 0.232 e. The van der Waals surface area contributed by atoms with Crippen molar-refractivity contribution in [1.82, 2.24) is 9.80 Å². The van der Waals surface area contributed by atoms with Crippen LogP contribution >= 0.6 is 0 Å². The Labute approximate surface area is 245 Å². The van der Waals surface area contributed by atoms with E-state index in [1.807, 2.05) is 0 Å². The second kappa shape index (κ2) is 24.7. The van der Waals surface area contributed by atoms with Crippen molar-refractivity contribution in [1.29, 1.82) is 0 Å². The summed E-state index contributed by atoms with van der Waals surface area (Å²) in [5.74, 6) is 2.25. The van der Waals surface area contributed by atoms with E-state index in [9.17, 15) is 9.59 Å². The van der Waals surface area contributed by atoms with E-state index in [1.54, 1.807) is 0 Å². The maximum absolute atomic E-state index is 13.8. The minimum atomic E-state index is 0.0445. The zero-order valence-corrected chi connectivity index (χ0v) is 27.9. The molecule has 0 aliphatic carbocycles. The zero-order valence-electron chi connectivity index (χ0n) is 27.9. The molecular weight excluding hydrogens is 480 g/mol. The van der Waals surface area contributed by atoms with Crippen molar-refractivity contribution in [3.05, 3.63) is 0 Å². The highest BCUT2D eigenvalue weighted by atomic mass is 16.2. The molecule has 0 rings (SSSR count). The lowest BCUT2D eigenvalue weighted by atomic mass is 9.95. The Morgan fingerprint density at radius 3 is 0.846 bits per heavy atom. The van der Waals surface area contributed by atoms with Gasteiger partial charge in [0.1, 0.15) is 6.42 Å². The highest BCUT2D eigenvalue weighted by molar-refractivity contribution is 5.97. The molecule has 0 heterocycles. The molecule has 0 saturated carbocycles. The summed E-state index contributed by atoms with van der Waals surface area (Å²) in [6.07, 6.45) is 18.8. The lowest BCUT2D eigenvalue weighted by Crippen LogP contribution is -2.44. The van der Waals surface area contributed by atoms with Crippen molar-refractivity contribution in [3.63, 3.8) is 0 Å². The van der Waals surface area contributed by atoms with Gasteiger partial charge in [-0.3, -0.25) is 9.59 Å². The third kappa shape index (κ3) is 17.4. The lowest BCUT2D eigenvalue weighted by Gasteiger charge is -2.33. The number of rotatable bonds is 26. The van der Waals surface area contributed by atoms with Crippen LogP contribution in [0, 0.1) is 23.7 Å². The molecule has 2 amide bonds. The number of carbonyl (C=O) groups excluding carboxylic acids is 2. The summed E-state index contributed by atoms with van der Waals surface area (Å²) in [5, 5.41) is 0. The number of hydrogen-bond donors (Lipinski definition) is 0. The summed E-state index contributed by atoms with van der Waals surface area (Å²) in [4.78, 5) is 31.9. The van der Waals surface area contributed by atoms with Crippen LogP contribution < -0.4 is 0 Å². The van der Waals surface area contributed by atoms with Gasteiger partial charge in [-0.15, -0.1) is 0 Å². The molecule has 0 aromatic rings. The van der Waals surface area contributed by atoms with Gasteiger partial charge in [-0.25, -0.2) is 0 Å². The first-order valence-corrected chi connectivity index (χ1v) is 17.4. The monoisotopic (exact) mass is 551 g/mol. The van der Waals surface area contributed by atoms with Crippen LogP contribution in [0.4, 0.5) is 0 Å². The van der Waals surface area contributed by atoms with Gasteiger partial charge in [0.15, 0.2) is 0 Å². The van der Waals surface area contributed by atoms with Gasteiger partial charge in [-0.2, -0.15) is 0 Å². The first-order chi connectivity index (χ1) is 18.8. The molecule has 0 spiro atoms. The molecule has 4 nitrogen and oxygen atoms in total. The first-order valence-electron chi connectivity index (χ1n) is 17.4. The molecule has 0 aliphatic heterocycles. The van der Waals surface area contributed by atoms with Gasteiger partial charge in [0.2, 0.25) is 11.8 Å². The summed E-state index contributed by atoms with van der Waals surface area (Å²) in [7, 11) is 0. The van der Waals surface area contributed by atoms with E-state index in [2.05, 4.69) is 65.2 Å². The van der Waals surface area contributed by atoms with Crippen LogP contribution in [0.2, 0.25) is 0 Å². The number of nitrogens with zero attached hydrogens (tertiary/aromatic N) is 2. The van der Waals surface area contributed by atoms with Crippen molar-refractivity contribution in [2.75, 3.05) is 26.2 Å². The third-order valence-corrected chi connectivity index (χ3v) is 9.10. The fourth-order valence-corrected chi connectivity index (χ4v) is 5.83. The highest BCUT2D eigenvalue weighted by Gasteiger charge is 2.27. The van der Waals surface area contributed by atoms with Gasteiger partial charge in [0, 0.05) is 26.2 Å². The van der Waals surface area contributed by atoms with Crippen LogP contribution in [0.5, 0.6) is 0 Å².